The summed E-state index contributed by atoms with van der Waals surface area (Å²) in [5, 5.41) is 6.31. The van der Waals surface area contributed by atoms with Crippen LogP contribution >= 0.6 is 0 Å². The largest absolute Gasteiger partial charge is 0.354 e. The van der Waals surface area contributed by atoms with Crippen molar-refractivity contribution in [3.63, 3.8) is 0 Å². The molecular weight excluding hydrogens is 318 g/mol. The number of rotatable bonds is 0. The van der Waals surface area contributed by atoms with Gasteiger partial charge in [0.25, 0.3) is 0 Å². The van der Waals surface area contributed by atoms with Crippen molar-refractivity contribution in [1.82, 2.24) is 14.4 Å². The zero-order valence-electron chi connectivity index (χ0n) is 13.8. The number of pyridine rings is 1. The quantitative estimate of drug-likeness (QED) is 0.370. The molecule has 7 aromatic rings. The second-order valence-electron chi connectivity index (χ2n) is 6.96. The van der Waals surface area contributed by atoms with Crippen LogP contribution in [0.5, 0.6) is 0 Å². The number of benzene rings is 3. The number of nitrogens with one attached hydrogen (secondary N) is 1. The molecule has 0 aliphatic rings. The van der Waals surface area contributed by atoms with Crippen LogP contribution < -0.4 is 0 Å². The van der Waals surface area contributed by atoms with Gasteiger partial charge in [-0.2, -0.15) is 0 Å². The summed E-state index contributed by atoms with van der Waals surface area (Å²) >= 11 is 0. The molecule has 3 nitrogen and oxygen atoms in total. The first kappa shape index (κ1) is 12.7. The fourth-order valence-corrected chi connectivity index (χ4v) is 4.72. The van der Waals surface area contributed by atoms with Gasteiger partial charge in [-0.1, -0.05) is 36.4 Å². The highest BCUT2D eigenvalue weighted by molar-refractivity contribution is 6.30. The van der Waals surface area contributed by atoms with Crippen molar-refractivity contribution >= 4 is 60.0 Å². The first-order valence-electron chi connectivity index (χ1n) is 8.84. The van der Waals surface area contributed by atoms with E-state index in [4.69, 9.17) is 4.98 Å². The topological polar surface area (TPSA) is 33.1 Å². The molecule has 0 atom stereocenters. The molecule has 120 valence electrons. The second kappa shape index (κ2) is 4.14. The minimum atomic E-state index is 1.07. The third-order valence-electron chi connectivity index (χ3n) is 5.71. The maximum atomic E-state index is 4.76. The summed E-state index contributed by atoms with van der Waals surface area (Å²) in [6.45, 7) is 0. The van der Waals surface area contributed by atoms with Crippen molar-refractivity contribution in [3.8, 4) is 0 Å². The predicted octanol–water partition coefficient (Wildman–Crippen LogP) is 5.87. The Morgan fingerprint density at radius 3 is 2.38 bits per heavy atom. The van der Waals surface area contributed by atoms with Gasteiger partial charge in [0.05, 0.1) is 22.1 Å². The van der Waals surface area contributed by atoms with Crippen LogP contribution in [0.2, 0.25) is 0 Å². The van der Waals surface area contributed by atoms with Crippen LogP contribution in [0.3, 0.4) is 0 Å². The van der Waals surface area contributed by atoms with Crippen LogP contribution in [-0.2, 0) is 0 Å². The Bertz CT molecular complexity index is 1630. The number of para-hydroxylation sites is 1. The summed E-state index contributed by atoms with van der Waals surface area (Å²) in [6, 6.07) is 23.8. The minimum Gasteiger partial charge on any atom is -0.354 e. The highest BCUT2D eigenvalue weighted by Crippen LogP contribution is 2.40. The molecule has 0 amide bonds. The Balaban J connectivity index is 2.07. The van der Waals surface area contributed by atoms with E-state index in [9.17, 15) is 0 Å². The van der Waals surface area contributed by atoms with Crippen molar-refractivity contribution in [3.05, 3.63) is 72.9 Å². The third kappa shape index (κ3) is 1.28. The Kier molecular flexibility index (Phi) is 2.03. The van der Waals surface area contributed by atoms with E-state index in [1.165, 1.54) is 54.5 Å². The van der Waals surface area contributed by atoms with Crippen molar-refractivity contribution in [1.29, 1.82) is 0 Å². The van der Waals surface area contributed by atoms with Crippen LogP contribution in [0.1, 0.15) is 0 Å². The molecule has 0 aliphatic heterocycles. The summed E-state index contributed by atoms with van der Waals surface area (Å²) < 4.78 is 2.39. The van der Waals surface area contributed by atoms with Gasteiger partial charge < -0.3 is 9.38 Å². The monoisotopic (exact) mass is 331 g/mol. The number of nitrogens with zero attached hydrogens (tertiary/aromatic N) is 2. The number of hydrogen-bond donors (Lipinski definition) is 1. The summed E-state index contributed by atoms with van der Waals surface area (Å²) in [5.74, 6) is 0. The normalized spacial score (nSPS) is 12.6. The van der Waals surface area contributed by atoms with Gasteiger partial charge in [0.1, 0.15) is 0 Å². The van der Waals surface area contributed by atoms with Crippen LogP contribution in [-0.4, -0.2) is 14.4 Å². The number of aromatic amines is 1. The molecule has 0 unspecified atom stereocenters. The van der Waals surface area contributed by atoms with Gasteiger partial charge in [0.15, 0.2) is 0 Å². The summed E-state index contributed by atoms with van der Waals surface area (Å²) in [7, 11) is 0. The highest BCUT2D eigenvalue weighted by atomic mass is 14.9. The van der Waals surface area contributed by atoms with Gasteiger partial charge in [0, 0.05) is 38.8 Å². The molecule has 4 heterocycles. The van der Waals surface area contributed by atoms with Gasteiger partial charge >= 0.3 is 0 Å². The average molecular weight is 331 g/mol. The Hall–Kier alpha value is -3.59. The number of aromatic nitrogens is 3. The molecule has 3 aromatic carbocycles. The van der Waals surface area contributed by atoms with Crippen LogP contribution in [0, 0.1) is 0 Å². The van der Waals surface area contributed by atoms with Crippen molar-refractivity contribution < 1.29 is 0 Å². The first-order chi connectivity index (χ1) is 12.9. The van der Waals surface area contributed by atoms with Crippen molar-refractivity contribution in [2.24, 2.45) is 0 Å². The summed E-state index contributed by atoms with van der Waals surface area (Å²) in [6.07, 6.45) is 1.94. The fourth-order valence-electron chi connectivity index (χ4n) is 4.72. The van der Waals surface area contributed by atoms with Crippen molar-refractivity contribution in [2.45, 2.75) is 0 Å². The van der Waals surface area contributed by atoms with Crippen molar-refractivity contribution in [2.75, 3.05) is 0 Å². The Morgan fingerprint density at radius 2 is 1.42 bits per heavy atom. The molecule has 7 rings (SSSR count). The molecule has 26 heavy (non-hydrogen) atoms. The highest BCUT2D eigenvalue weighted by Gasteiger charge is 2.18. The van der Waals surface area contributed by atoms with E-state index >= 15 is 0 Å². The van der Waals surface area contributed by atoms with E-state index in [0.717, 1.165) is 5.52 Å². The number of H-pyrrole nitrogens is 1. The lowest BCUT2D eigenvalue weighted by atomic mass is 10.1. The van der Waals surface area contributed by atoms with Gasteiger partial charge in [-0.3, -0.25) is 4.98 Å². The fraction of sp³-hybridized carbons (Fsp3) is 0. The van der Waals surface area contributed by atoms with E-state index in [2.05, 4.69) is 76.1 Å². The van der Waals surface area contributed by atoms with E-state index in [0.29, 0.717) is 0 Å². The van der Waals surface area contributed by atoms with E-state index in [-0.39, 0.29) is 0 Å². The molecule has 1 N–H and O–H groups in total. The van der Waals surface area contributed by atoms with Gasteiger partial charge in [-0.15, -0.1) is 0 Å². The van der Waals surface area contributed by atoms with E-state index in [1.54, 1.807) is 0 Å². The molecule has 0 bridgehead atoms. The predicted molar refractivity (Wildman–Crippen MR) is 108 cm³/mol. The second-order valence-corrected chi connectivity index (χ2v) is 6.96. The first-order valence-corrected chi connectivity index (χ1v) is 8.84. The zero-order valence-corrected chi connectivity index (χ0v) is 13.8. The molecular formula is C23H13N3. The summed E-state index contributed by atoms with van der Waals surface area (Å²) in [4.78, 5) is 8.36. The lowest BCUT2D eigenvalue weighted by Crippen LogP contribution is -1.85. The number of fused-ring (bicyclic) bond motifs is 5. The third-order valence-corrected chi connectivity index (χ3v) is 5.71. The van der Waals surface area contributed by atoms with Crippen LogP contribution in [0.4, 0.5) is 0 Å². The lowest BCUT2D eigenvalue weighted by Gasteiger charge is -2.00. The molecule has 0 aliphatic carbocycles. The average Bonchev–Trinajstić information content (AvgIpc) is 3.19. The summed E-state index contributed by atoms with van der Waals surface area (Å²) in [5.41, 5.74) is 7.06. The Morgan fingerprint density at radius 1 is 0.654 bits per heavy atom. The molecule has 3 heteroatoms. The van der Waals surface area contributed by atoms with Gasteiger partial charge in [0.2, 0.25) is 0 Å². The van der Waals surface area contributed by atoms with Gasteiger partial charge in [-0.25, -0.2) is 0 Å². The standard InChI is InChI=1S/C23H13N3/c1-2-9-18-15(5-1)22-23-14(11-12-24-22)13-6-3-7-16-20(13)21-17(25-16)8-4-10-19(21)26(18)23/h1-12,25H. The van der Waals surface area contributed by atoms with E-state index in [1.807, 2.05) is 6.20 Å². The maximum Gasteiger partial charge on any atom is 0.0969 e. The van der Waals surface area contributed by atoms with E-state index < -0.39 is 0 Å². The molecule has 0 radical (unpaired) electrons. The maximum absolute atomic E-state index is 4.76. The molecule has 0 spiro atoms. The SMILES string of the molecule is c1cc2[nH]c3cccc4c3c2c(c1)c1ccnc2c3ccccc3n4c12. The smallest absolute Gasteiger partial charge is 0.0969 e. The Labute approximate surface area is 147 Å². The number of hydrogen-bond acceptors (Lipinski definition) is 1. The van der Waals surface area contributed by atoms with Crippen LogP contribution in [0.25, 0.3) is 60.0 Å². The van der Waals surface area contributed by atoms with Crippen LogP contribution in [0.15, 0.2) is 72.9 Å². The molecule has 0 saturated carbocycles. The molecule has 4 aromatic heterocycles. The lowest BCUT2D eigenvalue weighted by molar-refractivity contribution is 1.34. The zero-order chi connectivity index (χ0) is 16.8. The molecule has 0 saturated heterocycles. The molecule has 0 fully saturated rings. The van der Waals surface area contributed by atoms with Gasteiger partial charge in [-0.05, 0) is 35.7 Å². The minimum absolute atomic E-state index is 1.07.